The Morgan fingerprint density at radius 1 is 1.12 bits per heavy atom. The molecule has 2 saturated carbocycles. The van der Waals surface area contributed by atoms with E-state index in [2.05, 4.69) is 10.6 Å². The molecule has 3 aliphatic rings. The number of carbonyl (C=O) groups is 1. The van der Waals surface area contributed by atoms with E-state index < -0.39 is 0 Å². The molecule has 1 heterocycles. The van der Waals surface area contributed by atoms with Crippen LogP contribution in [0.2, 0.25) is 0 Å². The fourth-order valence-corrected chi connectivity index (χ4v) is 4.58. The lowest BCUT2D eigenvalue weighted by Gasteiger charge is -2.36. The Morgan fingerprint density at radius 3 is 2.25 bits per heavy atom. The molecule has 1 atom stereocenters. The third kappa shape index (κ3) is 1.15. The van der Waals surface area contributed by atoms with Gasteiger partial charge in [-0.25, -0.2) is 0 Å². The summed E-state index contributed by atoms with van der Waals surface area (Å²) in [5.41, 5.74) is 0.0231. The molecule has 3 nitrogen and oxygen atoms in total. The number of hydrogen-bond acceptors (Lipinski definition) is 2. The quantitative estimate of drug-likeness (QED) is 0.707. The maximum Gasteiger partial charge on any atom is 0.228 e. The second-order valence-corrected chi connectivity index (χ2v) is 5.90. The van der Waals surface area contributed by atoms with Crippen LogP contribution in [-0.2, 0) is 4.79 Å². The monoisotopic (exact) mass is 222 g/mol. The van der Waals surface area contributed by atoms with Crippen molar-refractivity contribution in [2.75, 3.05) is 7.05 Å². The Bertz CT molecular complexity index is 301. The first-order valence-corrected chi connectivity index (χ1v) is 6.73. The fourth-order valence-electron chi connectivity index (χ4n) is 4.58. The van der Waals surface area contributed by atoms with E-state index in [1.807, 2.05) is 7.05 Å². The van der Waals surface area contributed by atoms with Gasteiger partial charge in [0.05, 0.1) is 11.0 Å². The molecule has 0 aromatic rings. The van der Waals surface area contributed by atoms with Gasteiger partial charge in [-0.15, -0.1) is 0 Å². The van der Waals surface area contributed by atoms with E-state index in [9.17, 15) is 4.79 Å². The fraction of sp³-hybridized carbons (Fsp3) is 0.923. The maximum atomic E-state index is 12.4. The second-order valence-electron chi connectivity index (χ2n) is 5.90. The molecule has 2 spiro atoms. The summed E-state index contributed by atoms with van der Waals surface area (Å²) in [5, 5.41) is 6.84. The summed E-state index contributed by atoms with van der Waals surface area (Å²) in [4.78, 5) is 12.4. The van der Waals surface area contributed by atoms with Gasteiger partial charge in [-0.3, -0.25) is 4.79 Å². The van der Waals surface area contributed by atoms with Crippen LogP contribution in [0, 0.1) is 5.41 Å². The van der Waals surface area contributed by atoms with E-state index in [1.165, 1.54) is 38.5 Å². The topological polar surface area (TPSA) is 41.1 Å². The standard InChI is InChI=1S/C13H22N2O/c1-14-10-12(6-2-3-7-12)11(16)15-13(10)8-4-5-9-13/h10,14H,2-9H2,1H3,(H,15,16). The zero-order valence-corrected chi connectivity index (χ0v) is 10.1. The summed E-state index contributed by atoms with van der Waals surface area (Å²) in [6.07, 6.45) is 9.52. The molecular formula is C13H22N2O. The summed E-state index contributed by atoms with van der Waals surface area (Å²) < 4.78 is 0. The molecule has 3 heteroatoms. The van der Waals surface area contributed by atoms with E-state index in [1.54, 1.807) is 0 Å². The van der Waals surface area contributed by atoms with Crippen LogP contribution >= 0.6 is 0 Å². The molecule has 1 unspecified atom stereocenters. The molecule has 2 aliphatic carbocycles. The Labute approximate surface area is 97.4 Å². The van der Waals surface area contributed by atoms with E-state index in [-0.39, 0.29) is 11.0 Å². The summed E-state index contributed by atoms with van der Waals surface area (Å²) in [6, 6.07) is 0.373. The Balaban J connectivity index is 1.98. The Morgan fingerprint density at radius 2 is 1.69 bits per heavy atom. The lowest BCUT2D eigenvalue weighted by Crippen LogP contribution is -2.54. The predicted octanol–water partition coefficient (Wildman–Crippen LogP) is 1.58. The van der Waals surface area contributed by atoms with Crippen molar-refractivity contribution >= 4 is 5.91 Å². The van der Waals surface area contributed by atoms with Gasteiger partial charge in [0.2, 0.25) is 5.91 Å². The van der Waals surface area contributed by atoms with Crippen molar-refractivity contribution < 1.29 is 4.79 Å². The number of hydrogen-bond donors (Lipinski definition) is 2. The zero-order chi connectivity index (χ0) is 11.2. The lowest BCUT2D eigenvalue weighted by atomic mass is 9.73. The molecule has 2 N–H and O–H groups in total. The average Bonchev–Trinajstić information content (AvgIpc) is 2.93. The van der Waals surface area contributed by atoms with Crippen LogP contribution in [0.25, 0.3) is 0 Å². The molecule has 3 fully saturated rings. The van der Waals surface area contributed by atoms with Gasteiger partial charge in [-0.2, -0.15) is 0 Å². The first kappa shape index (κ1) is 10.6. The van der Waals surface area contributed by atoms with Crippen LogP contribution in [0.5, 0.6) is 0 Å². The summed E-state index contributed by atoms with van der Waals surface area (Å²) in [5.74, 6) is 0.339. The summed E-state index contributed by atoms with van der Waals surface area (Å²) >= 11 is 0. The van der Waals surface area contributed by atoms with E-state index >= 15 is 0 Å². The first-order valence-electron chi connectivity index (χ1n) is 6.73. The summed E-state index contributed by atoms with van der Waals surface area (Å²) in [7, 11) is 2.03. The molecule has 1 saturated heterocycles. The normalized spacial score (nSPS) is 35.1. The van der Waals surface area contributed by atoms with Crippen molar-refractivity contribution in [3.05, 3.63) is 0 Å². The van der Waals surface area contributed by atoms with Gasteiger partial charge in [-0.1, -0.05) is 25.7 Å². The molecular weight excluding hydrogens is 200 g/mol. The molecule has 0 aromatic carbocycles. The number of nitrogens with one attached hydrogen (secondary N) is 2. The van der Waals surface area contributed by atoms with Crippen molar-refractivity contribution in [1.29, 1.82) is 0 Å². The first-order chi connectivity index (χ1) is 7.73. The zero-order valence-electron chi connectivity index (χ0n) is 10.1. The number of likely N-dealkylation sites (N-methyl/N-ethyl adjacent to an activating group) is 1. The van der Waals surface area contributed by atoms with E-state index in [4.69, 9.17) is 0 Å². The SMILES string of the molecule is CNC1C2(CCCC2)NC(=O)C12CCCC2. The molecule has 1 aliphatic heterocycles. The molecule has 0 bridgehead atoms. The highest BCUT2D eigenvalue weighted by atomic mass is 16.2. The highest BCUT2D eigenvalue weighted by Crippen LogP contribution is 2.52. The van der Waals surface area contributed by atoms with Gasteiger partial charge >= 0.3 is 0 Å². The average molecular weight is 222 g/mol. The van der Waals surface area contributed by atoms with Crippen LogP contribution in [0.15, 0.2) is 0 Å². The van der Waals surface area contributed by atoms with Gasteiger partial charge in [0.15, 0.2) is 0 Å². The van der Waals surface area contributed by atoms with Crippen LogP contribution in [-0.4, -0.2) is 24.5 Å². The highest BCUT2D eigenvalue weighted by molar-refractivity contribution is 5.88. The molecule has 1 amide bonds. The van der Waals surface area contributed by atoms with E-state index in [0.29, 0.717) is 11.9 Å². The Kier molecular flexibility index (Phi) is 2.29. The van der Waals surface area contributed by atoms with Crippen molar-refractivity contribution in [3.8, 4) is 0 Å². The number of rotatable bonds is 1. The van der Waals surface area contributed by atoms with Gasteiger partial charge < -0.3 is 10.6 Å². The van der Waals surface area contributed by atoms with Crippen LogP contribution in [0.1, 0.15) is 51.4 Å². The van der Waals surface area contributed by atoms with Crippen LogP contribution in [0.4, 0.5) is 0 Å². The molecule has 0 radical (unpaired) electrons. The third-order valence-electron chi connectivity index (χ3n) is 5.20. The van der Waals surface area contributed by atoms with Gasteiger partial charge in [0, 0.05) is 6.04 Å². The minimum Gasteiger partial charge on any atom is -0.349 e. The molecule has 0 aromatic heterocycles. The van der Waals surface area contributed by atoms with E-state index in [0.717, 1.165) is 12.8 Å². The summed E-state index contributed by atoms with van der Waals surface area (Å²) in [6.45, 7) is 0. The van der Waals surface area contributed by atoms with Gasteiger partial charge in [0.1, 0.15) is 0 Å². The Hall–Kier alpha value is -0.570. The number of carbonyl (C=O) groups excluding carboxylic acids is 1. The van der Waals surface area contributed by atoms with Crippen LogP contribution in [0.3, 0.4) is 0 Å². The molecule has 3 rings (SSSR count). The number of amides is 1. The third-order valence-corrected chi connectivity index (χ3v) is 5.20. The van der Waals surface area contributed by atoms with Crippen LogP contribution < -0.4 is 10.6 Å². The van der Waals surface area contributed by atoms with Gasteiger partial charge in [-0.05, 0) is 32.7 Å². The largest absolute Gasteiger partial charge is 0.349 e. The minimum absolute atomic E-state index is 0.0703. The van der Waals surface area contributed by atoms with Crippen molar-refractivity contribution in [3.63, 3.8) is 0 Å². The second kappa shape index (κ2) is 3.46. The highest BCUT2D eigenvalue weighted by Gasteiger charge is 2.62. The van der Waals surface area contributed by atoms with Crippen molar-refractivity contribution in [2.24, 2.45) is 5.41 Å². The molecule has 16 heavy (non-hydrogen) atoms. The predicted molar refractivity (Wildman–Crippen MR) is 63.1 cm³/mol. The van der Waals surface area contributed by atoms with Crippen molar-refractivity contribution in [2.45, 2.75) is 62.9 Å². The minimum atomic E-state index is -0.0703. The lowest BCUT2D eigenvalue weighted by molar-refractivity contribution is -0.128. The molecule has 90 valence electrons. The smallest absolute Gasteiger partial charge is 0.228 e. The maximum absolute atomic E-state index is 12.4. The van der Waals surface area contributed by atoms with Gasteiger partial charge in [0.25, 0.3) is 0 Å². The van der Waals surface area contributed by atoms with Crippen molar-refractivity contribution in [1.82, 2.24) is 10.6 Å².